The van der Waals surface area contributed by atoms with Gasteiger partial charge < -0.3 is 15.8 Å². The van der Waals surface area contributed by atoms with Crippen molar-refractivity contribution in [1.82, 2.24) is 0 Å². The Hall–Kier alpha value is -3.59. The number of primary amides is 1. The number of ether oxygens (including phenoxy) is 1. The normalized spacial score (nSPS) is 10.6. The molecular weight excluding hydrogens is 318 g/mol. The lowest BCUT2D eigenvalue weighted by atomic mass is 10.1. The maximum Gasteiger partial charge on any atom is 0.266 e. The van der Waals surface area contributed by atoms with E-state index in [1.165, 1.54) is 6.08 Å². The first-order chi connectivity index (χ1) is 12.0. The SMILES string of the molecule is Cc1ccc(NC(=O)/C(C#N)=C/c2ccccc2OCC(N)=O)cc1. The summed E-state index contributed by atoms with van der Waals surface area (Å²) in [6, 6.07) is 15.9. The molecule has 0 aliphatic rings. The van der Waals surface area contributed by atoms with Gasteiger partial charge in [-0.2, -0.15) is 5.26 Å². The molecular formula is C19H17N3O3. The molecule has 2 aromatic carbocycles. The highest BCUT2D eigenvalue weighted by Gasteiger charge is 2.11. The second-order valence-corrected chi connectivity index (χ2v) is 5.28. The first-order valence-electron chi connectivity index (χ1n) is 7.49. The molecule has 2 aromatic rings. The van der Waals surface area contributed by atoms with Gasteiger partial charge in [-0.25, -0.2) is 0 Å². The number of nitrogens with two attached hydrogens (primary N) is 1. The highest BCUT2D eigenvalue weighted by atomic mass is 16.5. The Bertz CT molecular complexity index is 849. The molecule has 0 atom stereocenters. The number of nitriles is 1. The van der Waals surface area contributed by atoms with Crippen molar-refractivity contribution in [1.29, 1.82) is 5.26 Å². The molecule has 3 N–H and O–H groups in total. The summed E-state index contributed by atoms with van der Waals surface area (Å²) in [6.45, 7) is 1.65. The summed E-state index contributed by atoms with van der Waals surface area (Å²) >= 11 is 0. The summed E-state index contributed by atoms with van der Waals surface area (Å²) in [5.41, 5.74) is 7.14. The lowest BCUT2D eigenvalue weighted by Gasteiger charge is -2.08. The highest BCUT2D eigenvalue weighted by Crippen LogP contribution is 2.21. The minimum absolute atomic E-state index is 0.0873. The van der Waals surface area contributed by atoms with Gasteiger partial charge in [0, 0.05) is 11.3 Å². The number of carbonyl (C=O) groups excluding carboxylic acids is 2. The van der Waals surface area contributed by atoms with Gasteiger partial charge in [-0.1, -0.05) is 35.9 Å². The van der Waals surface area contributed by atoms with Crippen molar-refractivity contribution in [2.75, 3.05) is 11.9 Å². The van der Waals surface area contributed by atoms with Crippen LogP contribution in [0.4, 0.5) is 5.69 Å². The molecule has 0 aliphatic heterocycles. The van der Waals surface area contributed by atoms with Crippen molar-refractivity contribution in [3.8, 4) is 11.8 Å². The van der Waals surface area contributed by atoms with Crippen LogP contribution in [0.2, 0.25) is 0 Å². The second kappa shape index (κ2) is 8.31. The Balaban J connectivity index is 2.22. The number of carbonyl (C=O) groups is 2. The summed E-state index contributed by atoms with van der Waals surface area (Å²) in [5.74, 6) is -0.787. The molecule has 0 fully saturated rings. The molecule has 0 heterocycles. The van der Waals surface area contributed by atoms with Crippen LogP contribution in [0.1, 0.15) is 11.1 Å². The molecule has 0 aliphatic carbocycles. The zero-order valence-electron chi connectivity index (χ0n) is 13.7. The molecule has 0 aromatic heterocycles. The molecule has 25 heavy (non-hydrogen) atoms. The van der Waals surface area contributed by atoms with Crippen LogP contribution in [0.3, 0.4) is 0 Å². The summed E-state index contributed by atoms with van der Waals surface area (Å²) in [7, 11) is 0. The molecule has 126 valence electrons. The van der Waals surface area contributed by atoms with E-state index in [0.29, 0.717) is 17.0 Å². The number of anilines is 1. The largest absolute Gasteiger partial charge is 0.483 e. The number of hydrogen-bond acceptors (Lipinski definition) is 4. The van der Waals surface area contributed by atoms with Crippen LogP contribution in [-0.4, -0.2) is 18.4 Å². The van der Waals surface area contributed by atoms with Crippen LogP contribution in [0, 0.1) is 18.3 Å². The van der Waals surface area contributed by atoms with Gasteiger partial charge in [0.2, 0.25) is 0 Å². The van der Waals surface area contributed by atoms with Crippen molar-refractivity contribution >= 4 is 23.6 Å². The Morgan fingerprint density at radius 2 is 1.88 bits per heavy atom. The van der Waals surface area contributed by atoms with Crippen LogP contribution in [-0.2, 0) is 9.59 Å². The van der Waals surface area contributed by atoms with Crippen molar-refractivity contribution in [2.24, 2.45) is 5.73 Å². The van der Waals surface area contributed by atoms with Gasteiger partial charge in [0.1, 0.15) is 17.4 Å². The smallest absolute Gasteiger partial charge is 0.266 e. The third kappa shape index (κ3) is 5.22. The average molecular weight is 335 g/mol. The quantitative estimate of drug-likeness (QED) is 0.624. The van der Waals surface area contributed by atoms with Crippen LogP contribution in [0.25, 0.3) is 6.08 Å². The lowest BCUT2D eigenvalue weighted by Crippen LogP contribution is -2.20. The number of hydrogen-bond donors (Lipinski definition) is 2. The fourth-order valence-corrected chi connectivity index (χ4v) is 2.02. The van der Waals surface area contributed by atoms with Crippen molar-refractivity contribution < 1.29 is 14.3 Å². The summed E-state index contributed by atoms with van der Waals surface area (Å²) in [4.78, 5) is 23.2. The van der Waals surface area contributed by atoms with Gasteiger partial charge in [0.05, 0.1) is 0 Å². The van der Waals surface area contributed by atoms with E-state index in [1.54, 1.807) is 36.4 Å². The molecule has 0 spiro atoms. The number of nitrogens with one attached hydrogen (secondary N) is 1. The van der Waals surface area contributed by atoms with Crippen molar-refractivity contribution in [3.05, 3.63) is 65.2 Å². The van der Waals surface area contributed by atoms with E-state index in [-0.39, 0.29) is 12.2 Å². The molecule has 2 rings (SSSR count). The number of nitrogens with zero attached hydrogens (tertiary/aromatic N) is 1. The molecule has 0 unspecified atom stereocenters. The first kappa shape index (κ1) is 17.8. The molecule has 0 saturated heterocycles. The van der Waals surface area contributed by atoms with E-state index in [0.717, 1.165) is 5.56 Å². The van der Waals surface area contributed by atoms with Crippen LogP contribution >= 0.6 is 0 Å². The van der Waals surface area contributed by atoms with E-state index < -0.39 is 11.8 Å². The fourth-order valence-electron chi connectivity index (χ4n) is 2.02. The Kier molecular flexibility index (Phi) is 5.91. The fraction of sp³-hybridized carbons (Fsp3) is 0.105. The molecule has 0 radical (unpaired) electrons. The van der Waals surface area contributed by atoms with Gasteiger partial charge in [-0.05, 0) is 31.2 Å². The number of aryl methyl sites for hydroxylation is 1. The third-order valence-electron chi connectivity index (χ3n) is 3.26. The second-order valence-electron chi connectivity index (χ2n) is 5.28. The molecule has 6 heteroatoms. The summed E-state index contributed by atoms with van der Waals surface area (Å²) < 4.78 is 5.29. The number of amides is 2. The minimum Gasteiger partial charge on any atom is -0.483 e. The number of para-hydroxylation sites is 1. The van der Waals surface area contributed by atoms with Gasteiger partial charge in [0.25, 0.3) is 11.8 Å². The Labute approximate surface area is 145 Å². The van der Waals surface area contributed by atoms with Gasteiger partial charge >= 0.3 is 0 Å². The molecule has 6 nitrogen and oxygen atoms in total. The van der Waals surface area contributed by atoms with E-state index in [4.69, 9.17) is 10.5 Å². The molecule has 0 saturated carbocycles. The topological polar surface area (TPSA) is 105 Å². The number of benzene rings is 2. The Morgan fingerprint density at radius 1 is 1.20 bits per heavy atom. The standard InChI is InChI=1S/C19H17N3O3/c1-13-6-8-16(9-7-13)22-19(24)15(11-20)10-14-4-2-3-5-17(14)25-12-18(21)23/h2-10H,12H2,1H3,(H2,21,23)(H,22,24)/b15-10+. The number of rotatable bonds is 6. The highest BCUT2D eigenvalue weighted by molar-refractivity contribution is 6.09. The summed E-state index contributed by atoms with van der Waals surface area (Å²) in [5, 5.41) is 12.0. The maximum atomic E-state index is 12.3. The van der Waals surface area contributed by atoms with Crippen LogP contribution in [0.5, 0.6) is 5.75 Å². The average Bonchev–Trinajstić information content (AvgIpc) is 2.60. The van der Waals surface area contributed by atoms with Gasteiger partial charge in [0.15, 0.2) is 6.61 Å². The van der Waals surface area contributed by atoms with Crippen molar-refractivity contribution in [3.63, 3.8) is 0 Å². The lowest BCUT2D eigenvalue weighted by molar-refractivity contribution is -0.120. The first-order valence-corrected chi connectivity index (χ1v) is 7.49. The van der Waals surface area contributed by atoms with E-state index in [1.807, 2.05) is 25.1 Å². The predicted molar refractivity (Wildman–Crippen MR) is 94.5 cm³/mol. The zero-order valence-corrected chi connectivity index (χ0v) is 13.7. The predicted octanol–water partition coefficient (Wildman–Crippen LogP) is 2.40. The van der Waals surface area contributed by atoms with E-state index in [2.05, 4.69) is 5.32 Å². The minimum atomic E-state index is -0.614. The molecule has 0 bridgehead atoms. The van der Waals surface area contributed by atoms with E-state index in [9.17, 15) is 14.9 Å². The zero-order chi connectivity index (χ0) is 18.2. The van der Waals surface area contributed by atoms with Crippen LogP contribution in [0.15, 0.2) is 54.1 Å². The summed E-state index contributed by atoms with van der Waals surface area (Å²) in [6.07, 6.45) is 1.40. The monoisotopic (exact) mass is 335 g/mol. The van der Waals surface area contributed by atoms with E-state index >= 15 is 0 Å². The van der Waals surface area contributed by atoms with Gasteiger partial charge in [-0.15, -0.1) is 0 Å². The Morgan fingerprint density at radius 3 is 2.52 bits per heavy atom. The molecule has 2 amide bonds. The van der Waals surface area contributed by atoms with Crippen LogP contribution < -0.4 is 15.8 Å². The van der Waals surface area contributed by atoms with Crippen molar-refractivity contribution in [2.45, 2.75) is 6.92 Å². The third-order valence-corrected chi connectivity index (χ3v) is 3.26. The maximum absolute atomic E-state index is 12.3. The van der Waals surface area contributed by atoms with Gasteiger partial charge in [-0.3, -0.25) is 9.59 Å².